The maximum absolute atomic E-state index is 12.4. The summed E-state index contributed by atoms with van der Waals surface area (Å²) in [6, 6.07) is 3.54. The molecule has 0 fully saturated rings. The minimum Gasteiger partial charge on any atom is -0.478 e. The first-order valence-corrected chi connectivity index (χ1v) is 7.26. The number of aromatic carboxylic acids is 1. The lowest BCUT2D eigenvalue weighted by Gasteiger charge is -2.24. The molecule has 3 N–H and O–H groups in total. The summed E-state index contributed by atoms with van der Waals surface area (Å²) in [6.07, 6.45) is 0.632. The van der Waals surface area contributed by atoms with Crippen LogP contribution in [0.5, 0.6) is 0 Å². The van der Waals surface area contributed by atoms with E-state index < -0.39 is 16.0 Å². The fourth-order valence-corrected chi connectivity index (χ4v) is 3.19. The quantitative estimate of drug-likeness (QED) is 0.796. The van der Waals surface area contributed by atoms with Crippen LogP contribution in [0, 0.1) is 0 Å². The van der Waals surface area contributed by atoms with E-state index in [4.69, 9.17) is 10.8 Å². The number of carboxylic acid groups (broad SMARTS) is 1. The Morgan fingerprint density at radius 2 is 2.05 bits per heavy atom. The largest absolute Gasteiger partial charge is 0.478 e. The number of hydrogen-bond acceptors (Lipinski definition) is 4. The molecule has 0 heterocycles. The molecule has 0 aromatic heterocycles. The summed E-state index contributed by atoms with van der Waals surface area (Å²) in [4.78, 5) is 10.9. The number of rotatable bonds is 5. The second kappa shape index (κ2) is 5.58. The zero-order valence-corrected chi connectivity index (χ0v) is 11.9. The maximum atomic E-state index is 12.4. The summed E-state index contributed by atoms with van der Waals surface area (Å²) in [6.45, 7) is 3.62. The van der Waals surface area contributed by atoms with Crippen molar-refractivity contribution in [3.05, 3.63) is 23.8 Å². The van der Waals surface area contributed by atoms with Crippen LogP contribution in [-0.4, -0.2) is 36.9 Å². The Morgan fingerprint density at radius 3 is 2.53 bits per heavy atom. The van der Waals surface area contributed by atoms with Gasteiger partial charge in [-0.3, -0.25) is 0 Å². The van der Waals surface area contributed by atoms with Crippen molar-refractivity contribution in [2.75, 3.05) is 12.8 Å². The average molecular weight is 286 g/mol. The molecular formula is C12H18N2O4S. The van der Waals surface area contributed by atoms with E-state index >= 15 is 0 Å². The van der Waals surface area contributed by atoms with Crippen LogP contribution in [0.25, 0.3) is 0 Å². The summed E-state index contributed by atoms with van der Waals surface area (Å²) < 4.78 is 26.0. The minimum absolute atomic E-state index is 0.211. The minimum atomic E-state index is -3.85. The van der Waals surface area contributed by atoms with Crippen molar-refractivity contribution in [2.45, 2.75) is 31.2 Å². The fraction of sp³-hybridized carbons (Fsp3) is 0.417. The molecule has 6 nitrogen and oxygen atoms in total. The number of nitrogen functional groups attached to an aromatic ring is 1. The Balaban J connectivity index is 3.41. The number of benzene rings is 1. The first kappa shape index (κ1) is 15.5. The molecule has 0 spiro atoms. The predicted octanol–water partition coefficient (Wildman–Crippen LogP) is 1.39. The smallest absolute Gasteiger partial charge is 0.337 e. The van der Waals surface area contributed by atoms with Crippen LogP contribution in [0.15, 0.2) is 23.1 Å². The van der Waals surface area contributed by atoms with Crippen molar-refractivity contribution in [3.63, 3.8) is 0 Å². The van der Waals surface area contributed by atoms with E-state index in [0.29, 0.717) is 6.42 Å². The van der Waals surface area contributed by atoms with Gasteiger partial charge < -0.3 is 10.8 Å². The van der Waals surface area contributed by atoms with Crippen LogP contribution >= 0.6 is 0 Å². The number of carboxylic acids is 1. The van der Waals surface area contributed by atoms with Crippen LogP contribution in [-0.2, 0) is 10.0 Å². The van der Waals surface area contributed by atoms with Gasteiger partial charge in [-0.25, -0.2) is 13.2 Å². The van der Waals surface area contributed by atoms with E-state index in [2.05, 4.69) is 0 Å². The highest BCUT2D eigenvalue weighted by molar-refractivity contribution is 7.89. The molecule has 0 saturated heterocycles. The topological polar surface area (TPSA) is 101 Å². The fourth-order valence-electron chi connectivity index (χ4n) is 1.59. The Kier molecular flexibility index (Phi) is 4.54. The molecule has 0 radical (unpaired) electrons. The molecule has 1 rings (SSSR count). The molecule has 106 valence electrons. The van der Waals surface area contributed by atoms with E-state index in [1.54, 1.807) is 6.92 Å². The van der Waals surface area contributed by atoms with Gasteiger partial charge in [-0.2, -0.15) is 4.31 Å². The number of anilines is 1. The van der Waals surface area contributed by atoms with Gasteiger partial charge in [-0.05, 0) is 31.5 Å². The molecule has 1 unspecified atom stereocenters. The van der Waals surface area contributed by atoms with Crippen LogP contribution in [0.3, 0.4) is 0 Å². The van der Waals surface area contributed by atoms with Gasteiger partial charge in [0.1, 0.15) is 0 Å². The van der Waals surface area contributed by atoms with Crippen molar-refractivity contribution in [1.82, 2.24) is 4.31 Å². The maximum Gasteiger partial charge on any atom is 0.337 e. The first-order valence-electron chi connectivity index (χ1n) is 5.82. The van der Waals surface area contributed by atoms with Gasteiger partial charge in [-0.15, -0.1) is 0 Å². The summed E-state index contributed by atoms with van der Waals surface area (Å²) in [7, 11) is -2.41. The number of sulfonamides is 1. The van der Waals surface area contributed by atoms with Gasteiger partial charge >= 0.3 is 5.97 Å². The number of hydrogen-bond donors (Lipinski definition) is 2. The van der Waals surface area contributed by atoms with Crippen molar-refractivity contribution in [2.24, 2.45) is 0 Å². The van der Waals surface area contributed by atoms with Crippen molar-refractivity contribution >= 4 is 21.7 Å². The normalized spacial score (nSPS) is 13.5. The number of nitrogens with two attached hydrogens (primary N) is 1. The second-order valence-electron chi connectivity index (χ2n) is 4.34. The van der Waals surface area contributed by atoms with Crippen molar-refractivity contribution in [3.8, 4) is 0 Å². The van der Waals surface area contributed by atoms with Crippen LogP contribution in [0.4, 0.5) is 5.69 Å². The number of nitrogens with zero attached hydrogens (tertiary/aromatic N) is 1. The highest BCUT2D eigenvalue weighted by Gasteiger charge is 2.29. The average Bonchev–Trinajstić information content (AvgIpc) is 2.36. The summed E-state index contributed by atoms with van der Waals surface area (Å²) in [5.41, 5.74) is 5.40. The monoisotopic (exact) mass is 286 g/mol. The number of carbonyl (C=O) groups is 1. The van der Waals surface area contributed by atoms with Gasteiger partial charge in [0.25, 0.3) is 0 Å². The second-order valence-corrected chi connectivity index (χ2v) is 6.31. The molecule has 0 bridgehead atoms. The van der Waals surface area contributed by atoms with Crippen LogP contribution in [0.1, 0.15) is 30.6 Å². The van der Waals surface area contributed by atoms with Crippen molar-refractivity contribution in [1.29, 1.82) is 0 Å². The Hall–Kier alpha value is -1.60. The third-order valence-electron chi connectivity index (χ3n) is 3.10. The van der Waals surface area contributed by atoms with Gasteiger partial charge in [0.15, 0.2) is 0 Å². The van der Waals surface area contributed by atoms with Gasteiger partial charge in [-0.1, -0.05) is 6.92 Å². The highest BCUT2D eigenvalue weighted by atomic mass is 32.2. The van der Waals surface area contributed by atoms with Crippen LogP contribution in [0.2, 0.25) is 0 Å². The molecule has 1 atom stereocenters. The lowest BCUT2D eigenvalue weighted by Crippen LogP contribution is -2.35. The van der Waals surface area contributed by atoms with Gasteiger partial charge in [0.2, 0.25) is 10.0 Å². The van der Waals surface area contributed by atoms with E-state index in [1.165, 1.54) is 23.5 Å². The summed E-state index contributed by atoms with van der Waals surface area (Å²) in [5, 5.41) is 9.09. The third kappa shape index (κ3) is 3.05. The molecule has 19 heavy (non-hydrogen) atoms. The molecule has 0 amide bonds. The Morgan fingerprint density at radius 1 is 1.47 bits per heavy atom. The zero-order chi connectivity index (χ0) is 14.8. The molecular weight excluding hydrogens is 268 g/mol. The van der Waals surface area contributed by atoms with Crippen LogP contribution < -0.4 is 5.73 Å². The molecule has 0 aliphatic heterocycles. The Labute approximate surface area is 112 Å². The lowest BCUT2D eigenvalue weighted by molar-refractivity contribution is 0.0692. The zero-order valence-electron chi connectivity index (χ0n) is 11.1. The van der Waals surface area contributed by atoms with Gasteiger partial charge in [0, 0.05) is 18.8 Å². The molecule has 0 aliphatic rings. The standard InChI is InChI=1S/C12H18N2O4S/c1-4-8(2)14(3)19(17,18)11-6-5-9(13)7-10(11)12(15)16/h5-8H,4,13H2,1-3H3,(H,15,16). The third-order valence-corrected chi connectivity index (χ3v) is 5.13. The molecule has 7 heteroatoms. The summed E-state index contributed by atoms with van der Waals surface area (Å²) >= 11 is 0. The predicted molar refractivity (Wildman–Crippen MR) is 72.5 cm³/mol. The van der Waals surface area contributed by atoms with E-state index in [-0.39, 0.29) is 22.2 Å². The van der Waals surface area contributed by atoms with E-state index in [0.717, 1.165) is 6.07 Å². The molecule has 0 aliphatic carbocycles. The SMILES string of the molecule is CCC(C)N(C)S(=O)(=O)c1ccc(N)cc1C(=O)O. The van der Waals surface area contributed by atoms with E-state index in [9.17, 15) is 13.2 Å². The molecule has 1 aromatic carbocycles. The highest BCUT2D eigenvalue weighted by Crippen LogP contribution is 2.23. The molecule has 0 saturated carbocycles. The molecule has 1 aromatic rings. The van der Waals surface area contributed by atoms with E-state index in [1.807, 2.05) is 6.92 Å². The Bertz CT molecular complexity index is 583. The van der Waals surface area contributed by atoms with Crippen molar-refractivity contribution < 1.29 is 18.3 Å². The lowest BCUT2D eigenvalue weighted by atomic mass is 10.2. The first-order chi connectivity index (χ1) is 8.71. The van der Waals surface area contributed by atoms with Gasteiger partial charge in [0.05, 0.1) is 10.5 Å². The summed E-state index contributed by atoms with van der Waals surface area (Å²) in [5.74, 6) is -1.32.